The van der Waals surface area contributed by atoms with Gasteiger partial charge in [-0.2, -0.15) is 13.2 Å². The molecule has 1 aliphatic carbocycles. The first-order valence-corrected chi connectivity index (χ1v) is 17.2. The fourth-order valence-electron chi connectivity index (χ4n) is 5.38. The minimum Gasteiger partial charge on any atom is -0.493 e. The van der Waals surface area contributed by atoms with Gasteiger partial charge in [-0.3, -0.25) is 9.69 Å². The molecule has 8 nitrogen and oxygen atoms in total. The topological polar surface area (TPSA) is 113 Å². The molecule has 0 aromatic heterocycles. The summed E-state index contributed by atoms with van der Waals surface area (Å²) in [6, 6.07) is 18.6. The number of carbonyl (C=O) groups is 2. The molecule has 1 unspecified atom stereocenters. The molecule has 2 aliphatic rings. The fraction of sp³-hybridized carbons (Fsp3) is 0.375. The Bertz CT molecular complexity index is 1680. The van der Waals surface area contributed by atoms with E-state index in [4.69, 9.17) is 37.8 Å². The van der Waals surface area contributed by atoms with Crippen molar-refractivity contribution in [2.45, 2.75) is 43.8 Å². The summed E-state index contributed by atoms with van der Waals surface area (Å²) in [6.45, 7) is 2.11. The highest BCUT2D eigenvalue weighted by atomic mass is 35.5. The van der Waals surface area contributed by atoms with E-state index in [0.717, 1.165) is 56.2 Å². The molecule has 2 fully saturated rings. The van der Waals surface area contributed by atoms with Gasteiger partial charge in [-0.1, -0.05) is 53.5 Å². The van der Waals surface area contributed by atoms with Gasteiger partial charge in [0, 0.05) is 16.1 Å². The average Bonchev–Trinajstić information content (AvgIpc) is 3.81. The minimum atomic E-state index is -5.08. The molecule has 254 valence electrons. The summed E-state index contributed by atoms with van der Waals surface area (Å²) in [6.07, 6.45) is -0.592. The van der Waals surface area contributed by atoms with Crippen LogP contribution in [0.3, 0.4) is 0 Å². The van der Waals surface area contributed by atoms with Gasteiger partial charge in [-0.05, 0) is 91.6 Å². The molecule has 2 N–H and O–H groups in total. The third-order valence-corrected chi connectivity index (χ3v) is 8.68. The largest absolute Gasteiger partial charge is 0.493 e. The maximum atomic E-state index is 14.9. The first kappa shape index (κ1) is 36.4. The number of nitrogens with one attached hydrogen (secondary N) is 1. The van der Waals surface area contributed by atoms with Crippen LogP contribution in [0.15, 0.2) is 60.7 Å². The monoisotopic (exact) mass is 718 g/mol. The van der Waals surface area contributed by atoms with Crippen LogP contribution >= 0.6 is 23.2 Å². The zero-order chi connectivity index (χ0) is 34.5. The molecule has 5 rings (SSSR count). The number of aliphatic carboxylic acids is 1. The molecule has 1 aliphatic heterocycles. The normalized spacial score (nSPS) is 16.5. The lowest BCUT2D eigenvalue weighted by atomic mass is 9.91. The van der Waals surface area contributed by atoms with Crippen LogP contribution in [0.4, 0.5) is 17.6 Å². The number of carboxylic acid groups (broad SMARTS) is 1. The van der Waals surface area contributed by atoms with Crippen molar-refractivity contribution in [1.29, 1.82) is 0 Å². The Balaban J connectivity index is 0.000000644. The smallest absolute Gasteiger partial charge is 0.490 e. The lowest BCUT2D eigenvalue weighted by Gasteiger charge is -2.38. The summed E-state index contributed by atoms with van der Waals surface area (Å²) in [5, 5.41) is 8.33. The second-order valence-corrected chi connectivity index (χ2v) is 14.1. The van der Waals surface area contributed by atoms with Crippen molar-refractivity contribution in [2.75, 3.05) is 26.0 Å². The molecule has 47 heavy (non-hydrogen) atoms. The highest BCUT2D eigenvalue weighted by Gasteiger charge is 2.38. The molecule has 1 saturated carbocycles. The summed E-state index contributed by atoms with van der Waals surface area (Å²) in [4.78, 5) is 23.7. The van der Waals surface area contributed by atoms with Crippen molar-refractivity contribution >= 4 is 45.1 Å². The molecule has 3 aromatic rings. The first-order valence-electron chi connectivity index (χ1n) is 14.5. The maximum absolute atomic E-state index is 14.9. The van der Waals surface area contributed by atoms with Crippen LogP contribution in [0.5, 0.6) is 5.75 Å². The number of ether oxygens (including phenoxy) is 1. The van der Waals surface area contributed by atoms with Crippen LogP contribution in [0, 0.1) is 11.7 Å². The number of likely N-dealkylation sites (tertiary alicyclic amines) is 1. The number of halogens is 6. The van der Waals surface area contributed by atoms with Crippen LogP contribution in [0.2, 0.25) is 10.0 Å². The van der Waals surface area contributed by atoms with Gasteiger partial charge in [0.15, 0.2) is 0 Å². The number of hydrogen-bond donors (Lipinski definition) is 2. The Labute approximate surface area is 279 Å². The van der Waals surface area contributed by atoms with Crippen molar-refractivity contribution in [3.63, 3.8) is 0 Å². The second kappa shape index (κ2) is 15.2. The predicted molar refractivity (Wildman–Crippen MR) is 169 cm³/mol. The number of carbonyl (C=O) groups excluding carboxylic acids is 1. The molecule has 1 saturated heterocycles. The summed E-state index contributed by atoms with van der Waals surface area (Å²) in [5.74, 6) is -3.66. The van der Waals surface area contributed by atoms with E-state index in [2.05, 4.69) is 17.0 Å². The van der Waals surface area contributed by atoms with Gasteiger partial charge in [0.1, 0.15) is 11.6 Å². The Morgan fingerprint density at radius 3 is 2.06 bits per heavy atom. The Morgan fingerprint density at radius 1 is 0.979 bits per heavy atom. The SMILES string of the molecule is CS(=O)(=O)NC(=O)c1cc(C2CC2)c(OCC2CCN(C(c3ccccc3)c3cc(Cl)cc(Cl)c3)CC2)cc1F.O=C(O)C(F)(F)F. The van der Waals surface area contributed by atoms with Gasteiger partial charge in [0.2, 0.25) is 10.0 Å². The van der Waals surface area contributed by atoms with E-state index in [1.54, 1.807) is 6.07 Å². The summed E-state index contributed by atoms with van der Waals surface area (Å²) >= 11 is 12.7. The zero-order valence-electron chi connectivity index (χ0n) is 25.1. The number of amides is 1. The summed E-state index contributed by atoms with van der Waals surface area (Å²) in [7, 11) is -3.81. The number of benzene rings is 3. The minimum absolute atomic E-state index is 0.0143. The van der Waals surface area contributed by atoms with E-state index in [0.29, 0.717) is 22.4 Å². The molecule has 0 radical (unpaired) electrons. The molecule has 1 heterocycles. The molecule has 1 atom stereocenters. The van der Waals surface area contributed by atoms with Crippen molar-refractivity contribution in [3.05, 3.63) is 98.8 Å². The highest BCUT2D eigenvalue weighted by Crippen LogP contribution is 2.45. The number of rotatable bonds is 9. The van der Waals surface area contributed by atoms with Crippen molar-refractivity contribution in [2.24, 2.45) is 5.92 Å². The molecule has 3 aromatic carbocycles. The number of carboxylic acids is 1. The lowest BCUT2D eigenvalue weighted by Crippen LogP contribution is -2.38. The third kappa shape index (κ3) is 10.6. The van der Waals surface area contributed by atoms with Gasteiger partial charge in [0.05, 0.1) is 24.5 Å². The molecule has 15 heteroatoms. The Kier molecular flexibility index (Phi) is 11.8. The van der Waals surface area contributed by atoms with Crippen LogP contribution < -0.4 is 9.46 Å². The zero-order valence-corrected chi connectivity index (χ0v) is 27.4. The van der Waals surface area contributed by atoms with Gasteiger partial charge < -0.3 is 9.84 Å². The van der Waals surface area contributed by atoms with Gasteiger partial charge in [-0.15, -0.1) is 0 Å². The lowest BCUT2D eigenvalue weighted by molar-refractivity contribution is -0.192. The standard InChI is InChI=1S/C30H31Cl2FN2O4S.C2HF3O2/c1-40(37,38)34-30(36)26-16-25(20-7-8-20)28(17-27(26)33)39-18-19-9-11-35(12-10-19)29(21-5-3-2-4-6-21)22-13-23(31)15-24(32)14-22;3-2(4,5)1(6)7/h2-6,13-17,19-20,29H,7-12,18H2,1H3,(H,34,36);(H,6,7). The van der Waals surface area contributed by atoms with Gasteiger partial charge >= 0.3 is 12.1 Å². The number of nitrogens with zero attached hydrogens (tertiary/aromatic N) is 1. The average molecular weight is 720 g/mol. The quantitative estimate of drug-likeness (QED) is 0.225. The number of sulfonamides is 1. The molecule has 0 bridgehead atoms. The van der Waals surface area contributed by atoms with Crippen LogP contribution in [0.25, 0.3) is 0 Å². The van der Waals surface area contributed by atoms with Gasteiger partial charge in [0.25, 0.3) is 5.91 Å². The van der Waals surface area contributed by atoms with Gasteiger partial charge in [-0.25, -0.2) is 22.3 Å². The second-order valence-electron chi connectivity index (χ2n) is 11.5. The molecular weight excluding hydrogens is 687 g/mol. The van der Waals surface area contributed by atoms with Crippen molar-refractivity contribution in [1.82, 2.24) is 9.62 Å². The Hall–Kier alpha value is -3.39. The molecular formula is C32H32Cl2F4N2O6S. The van der Waals surface area contributed by atoms with Crippen molar-refractivity contribution < 1.29 is 45.4 Å². The van der Waals surface area contributed by atoms with E-state index in [9.17, 15) is 30.8 Å². The third-order valence-electron chi connectivity index (χ3n) is 7.69. The summed E-state index contributed by atoms with van der Waals surface area (Å²) < 4.78 is 77.5. The van der Waals surface area contributed by atoms with E-state index >= 15 is 0 Å². The predicted octanol–water partition coefficient (Wildman–Crippen LogP) is 7.21. The van der Waals surface area contributed by atoms with Crippen molar-refractivity contribution in [3.8, 4) is 5.75 Å². The summed E-state index contributed by atoms with van der Waals surface area (Å²) in [5.41, 5.74) is 2.67. The number of alkyl halides is 3. The van der Waals surface area contributed by atoms with Crippen LogP contribution in [-0.4, -0.2) is 62.4 Å². The molecule has 0 spiro atoms. The highest BCUT2D eigenvalue weighted by molar-refractivity contribution is 7.89. The number of hydrogen-bond acceptors (Lipinski definition) is 6. The van der Waals surface area contributed by atoms with E-state index < -0.39 is 33.9 Å². The fourth-order valence-corrected chi connectivity index (χ4v) is 6.37. The first-order chi connectivity index (χ1) is 22.0. The van der Waals surface area contributed by atoms with Crippen LogP contribution in [-0.2, 0) is 14.8 Å². The van der Waals surface area contributed by atoms with E-state index in [1.165, 1.54) is 17.7 Å². The maximum Gasteiger partial charge on any atom is 0.490 e. The molecule has 1 amide bonds. The van der Waals surface area contributed by atoms with Crippen LogP contribution in [0.1, 0.15) is 64.7 Å². The van der Waals surface area contributed by atoms with E-state index in [1.807, 2.05) is 35.1 Å². The Morgan fingerprint density at radius 2 is 1.55 bits per heavy atom. The number of piperidine rings is 1. The van der Waals surface area contributed by atoms with E-state index in [-0.39, 0.29) is 23.4 Å².